The lowest BCUT2D eigenvalue weighted by Gasteiger charge is -2.24. The lowest BCUT2D eigenvalue weighted by molar-refractivity contribution is 0.0255. The zero-order chi connectivity index (χ0) is 43.3. The fourth-order valence-corrected chi connectivity index (χ4v) is 6.71. The summed E-state index contributed by atoms with van der Waals surface area (Å²) >= 11 is 0. The topological polar surface area (TPSA) is 175 Å². The van der Waals surface area contributed by atoms with Crippen molar-refractivity contribution in [1.82, 2.24) is 10.3 Å². The number of carbonyl (C=O) groups excluding carboxylic acids is 2. The van der Waals surface area contributed by atoms with Crippen LogP contribution in [0.3, 0.4) is 0 Å². The molecule has 316 valence electrons. The van der Waals surface area contributed by atoms with E-state index in [0.717, 1.165) is 22.8 Å². The van der Waals surface area contributed by atoms with E-state index in [1.807, 2.05) is 57.2 Å². The van der Waals surface area contributed by atoms with Gasteiger partial charge in [0.05, 0.1) is 63.5 Å². The van der Waals surface area contributed by atoms with Gasteiger partial charge in [-0.05, 0) is 65.1 Å². The molecule has 4 N–H and O–H groups in total. The Morgan fingerprint density at radius 3 is 2.22 bits per heavy atom. The zero-order valence-electron chi connectivity index (χ0n) is 34.6. The smallest absolute Gasteiger partial charge is 0.323 e. The molecule has 0 atom stereocenters. The highest BCUT2D eigenvalue weighted by Gasteiger charge is 2.23. The summed E-state index contributed by atoms with van der Waals surface area (Å²) in [5.41, 5.74) is 3.88. The molecule has 0 saturated carbocycles. The number of nitrogens with zero attached hydrogens (tertiary/aromatic N) is 1. The minimum absolute atomic E-state index is 0.164. The third kappa shape index (κ3) is 12.9. The van der Waals surface area contributed by atoms with Gasteiger partial charge in [-0.3, -0.25) is 14.5 Å². The van der Waals surface area contributed by atoms with E-state index in [0.29, 0.717) is 85.4 Å². The maximum absolute atomic E-state index is 13.5. The average Bonchev–Trinajstić information content (AvgIpc) is 3.20. The number of terminal acetylenes is 1. The van der Waals surface area contributed by atoms with Crippen LogP contribution in [0, 0.1) is 12.3 Å². The molecule has 0 aliphatic rings. The van der Waals surface area contributed by atoms with Crippen LogP contribution in [0.25, 0.3) is 10.8 Å². The summed E-state index contributed by atoms with van der Waals surface area (Å²) in [6, 6.07) is 22.7. The summed E-state index contributed by atoms with van der Waals surface area (Å²) in [4.78, 5) is 31.1. The van der Waals surface area contributed by atoms with Crippen LogP contribution in [0.15, 0.2) is 85.1 Å². The number of ether oxygens (including phenoxy) is 5. The molecule has 0 aliphatic heterocycles. The Morgan fingerprint density at radius 2 is 1.52 bits per heavy atom. The molecule has 0 radical (unpaired) electrons. The third-order valence-electron chi connectivity index (χ3n) is 8.99. The molecule has 0 unspecified atom stereocenters. The Bertz CT molecular complexity index is 2460. The number of nitrogens with one attached hydrogen (secondary N) is 4. The summed E-state index contributed by atoms with van der Waals surface area (Å²) < 4.78 is 54.7. The van der Waals surface area contributed by atoms with Crippen molar-refractivity contribution < 1.29 is 41.7 Å². The number of sulfonamides is 1. The molecule has 1 heterocycles. The maximum Gasteiger partial charge on any atom is 0.323 e. The quantitative estimate of drug-likeness (QED) is 0.0487. The SMILES string of the molecule is C#Cc1cc(Cc2cc(Oc3ccc(NC(=O)Nc4cc(C(C)(C)C)cc(NS(C)(=O)=O)c4OC)c4ccccc34)ccn2)cc(C(=O)NCCOCCOCCOC)c1. The second kappa shape index (κ2) is 20.7. The van der Waals surface area contributed by atoms with Gasteiger partial charge in [-0.15, -0.1) is 6.42 Å². The highest BCUT2D eigenvalue weighted by atomic mass is 32.2. The highest BCUT2D eigenvalue weighted by Crippen LogP contribution is 2.40. The highest BCUT2D eigenvalue weighted by molar-refractivity contribution is 7.92. The molecule has 0 fully saturated rings. The number of urea groups is 1. The van der Waals surface area contributed by atoms with Crippen LogP contribution >= 0.6 is 0 Å². The van der Waals surface area contributed by atoms with Crippen molar-refractivity contribution in [3.05, 3.63) is 113 Å². The van der Waals surface area contributed by atoms with Crippen molar-refractivity contribution in [2.45, 2.75) is 32.6 Å². The largest absolute Gasteiger partial charge is 0.492 e. The minimum atomic E-state index is -3.65. The van der Waals surface area contributed by atoms with E-state index < -0.39 is 16.1 Å². The molecule has 4 aromatic carbocycles. The number of pyridine rings is 1. The van der Waals surface area contributed by atoms with Gasteiger partial charge in [0.2, 0.25) is 10.0 Å². The van der Waals surface area contributed by atoms with Crippen LogP contribution in [0.4, 0.5) is 21.9 Å². The first-order valence-corrected chi connectivity index (χ1v) is 21.0. The van der Waals surface area contributed by atoms with E-state index in [1.54, 1.807) is 55.8 Å². The molecule has 15 heteroatoms. The molecule has 14 nitrogen and oxygen atoms in total. The number of amides is 3. The first-order valence-electron chi connectivity index (χ1n) is 19.1. The van der Waals surface area contributed by atoms with Gasteiger partial charge >= 0.3 is 6.03 Å². The molecular formula is C45H51N5O9S. The molecule has 5 aromatic rings. The Labute approximate surface area is 351 Å². The Kier molecular flexibility index (Phi) is 15.5. The summed E-state index contributed by atoms with van der Waals surface area (Å²) in [6.07, 6.45) is 8.83. The Balaban J connectivity index is 1.28. The molecule has 3 amide bonds. The fraction of sp³-hybridized carbons (Fsp3) is 0.311. The van der Waals surface area contributed by atoms with Crippen LogP contribution in [0.2, 0.25) is 0 Å². The van der Waals surface area contributed by atoms with E-state index in [2.05, 4.69) is 31.6 Å². The second-order valence-electron chi connectivity index (χ2n) is 14.8. The molecule has 0 aliphatic carbocycles. The van der Waals surface area contributed by atoms with Gasteiger partial charge < -0.3 is 39.6 Å². The molecular weight excluding hydrogens is 787 g/mol. The van der Waals surface area contributed by atoms with Crippen LogP contribution in [0.1, 0.15) is 53.5 Å². The van der Waals surface area contributed by atoms with Gasteiger partial charge in [-0.25, -0.2) is 13.2 Å². The maximum atomic E-state index is 13.5. The van der Waals surface area contributed by atoms with Crippen molar-refractivity contribution in [2.24, 2.45) is 0 Å². The van der Waals surface area contributed by atoms with Crippen LogP contribution in [-0.2, 0) is 36.1 Å². The standard InChI is InChI=1S/C45H51N5O9S/c1-8-30-23-31(25-32(24-30)43(51)47-17-18-57-21-22-58-20-19-55-5)26-34-29-35(15-16-46-34)59-41-14-13-38(36-11-9-10-12-37(36)41)48-44(52)49-39-27-33(45(2,3)4)28-40(42(39)56-6)50-60(7,53)54/h1,9-16,23-25,27-29,50H,17-22,26H2,2-7H3,(H,47,51)(H2,48,49,52). The van der Waals surface area contributed by atoms with Crippen molar-refractivity contribution >= 4 is 49.8 Å². The van der Waals surface area contributed by atoms with Gasteiger partial charge in [-0.2, -0.15) is 0 Å². The van der Waals surface area contributed by atoms with E-state index in [9.17, 15) is 18.0 Å². The van der Waals surface area contributed by atoms with Gasteiger partial charge in [0.1, 0.15) is 11.5 Å². The molecule has 0 spiro atoms. The summed E-state index contributed by atoms with van der Waals surface area (Å²) in [6.45, 7) is 8.45. The number of benzene rings is 4. The van der Waals surface area contributed by atoms with Gasteiger partial charge in [0.25, 0.3) is 5.91 Å². The third-order valence-corrected chi connectivity index (χ3v) is 9.58. The normalized spacial score (nSPS) is 11.4. The predicted molar refractivity (Wildman–Crippen MR) is 234 cm³/mol. The monoisotopic (exact) mass is 837 g/mol. The Morgan fingerprint density at radius 1 is 0.817 bits per heavy atom. The van der Waals surface area contributed by atoms with Crippen LogP contribution < -0.4 is 30.1 Å². The zero-order valence-corrected chi connectivity index (χ0v) is 35.5. The summed E-state index contributed by atoms with van der Waals surface area (Å²) in [5, 5.41) is 10.1. The number of fused-ring (bicyclic) bond motifs is 1. The van der Waals surface area contributed by atoms with Crippen LogP contribution in [-0.4, -0.2) is 85.4 Å². The molecule has 0 bridgehead atoms. The molecule has 1 aromatic heterocycles. The number of hydrogen-bond donors (Lipinski definition) is 4. The minimum Gasteiger partial charge on any atom is -0.492 e. The second-order valence-corrected chi connectivity index (χ2v) is 16.5. The van der Waals surface area contributed by atoms with Crippen LogP contribution in [0.5, 0.6) is 17.2 Å². The molecule has 60 heavy (non-hydrogen) atoms. The van der Waals surface area contributed by atoms with E-state index in [1.165, 1.54) is 7.11 Å². The lowest BCUT2D eigenvalue weighted by atomic mass is 9.86. The van der Waals surface area contributed by atoms with Gasteiger partial charge in [-0.1, -0.05) is 51.0 Å². The van der Waals surface area contributed by atoms with Crippen molar-refractivity contribution in [3.8, 4) is 29.6 Å². The van der Waals surface area contributed by atoms with E-state index in [4.69, 9.17) is 30.1 Å². The number of hydrogen-bond acceptors (Lipinski definition) is 10. The first kappa shape index (κ1) is 44.9. The van der Waals surface area contributed by atoms with Gasteiger partial charge in [0, 0.05) is 59.9 Å². The predicted octanol–water partition coefficient (Wildman–Crippen LogP) is 7.33. The van der Waals surface area contributed by atoms with Crippen molar-refractivity contribution in [3.63, 3.8) is 0 Å². The number of rotatable bonds is 19. The summed E-state index contributed by atoms with van der Waals surface area (Å²) in [7, 11) is -0.635. The molecule has 0 saturated heterocycles. The van der Waals surface area contributed by atoms with Gasteiger partial charge in [0.15, 0.2) is 5.75 Å². The first-order chi connectivity index (χ1) is 28.7. The number of anilines is 3. The number of carbonyl (C=O) groups is 2. The summed E-state index contributed by atoms with van der Waals surface area (Å²) in [5.74, 6) is 3.60. The number of methoxy groups -OCH3 is 2. The van der Waals surface area contributed by atoms with E-state index in [-0.39, 0.29) is 28.4 Å². The number of aromatic nitrogens is 1. The van der Waals surface area contributed by atoms with E-state index >= 15 is 0 Å². The lowest BCUT2D eigenvalue weighted by Crippen LogP contribution is -2.28. The fourth-order valence-electron chi connectivity index (χ4n) is 6.16. The van der Waals surface area contributed by atoms with Crippen molar-refractivity contribution in [2.75, 3.05) is 75.4 Å². The average molecular weight is 838 g/mol. The Hall–Kier alpha value is -6.18. The molecule has 5 rings (SSSR count). The van der Waals surface area contributed by atoms with Crippen molar-refractivity contribution in [1.29, 1.82) is 0 Å².